The van der Waals surface area contributed by atoms with Crippen LogP contribution in [0.4, 0.5) is 14.5 Å². The van der Waals surface area contributed by atoms with Gasteiger partial charge in [-0.2, -0.15) is 8.78 Å². The number of anilines is 1. The van der Waals surface area contributed by atoms with Crippen LogP contribution in [0.5, 0.6) is 5.75 Å². The molecule has 25 heavy (non-hydrogen) atoms. The summed E-state index contributed by atoms with van der Waals surface area (Å²) in [5, 5.41) is 2.61. The quantitative estimate of drug-likeness (QED) is 0.735. The van der Waals surface area contributed by atoms with E-state index in [1.807, 2.05) is 0 Å². The lowest BCUT2D eigenvalue weighted by Gasteiger charge is -2.16. The van der Waals surface area contributed by atoms with Crippen LogP contribution in [0.25, 0.3) is 0 Å². The number of ether oxygens (including phenoxy) is 1. The molecule has 0 aliphatic heterocycles. The highest BCUT2D eigenvalue weighted by atomic mass is 32.2. The van der Waals surface area contributed by atoms with Gasteiger partial charge in [0.15, 0.2) is 6.10 Å². The van der Waals surface area contributed by atoms with E-state index in [-0.39, 0.29) is 11.3 Å². The molecule has 0 radical (unpaired) electrons. The first-order chi connectivity index (χ1) is 11.9. The monoisotopic (exact) mass is 366 g/mol. The molecule has 2 amide bonds. The Labute approximate surface area is 147 Å². The molecule has 0 saturated heterocycles. The fraction of sp³-hybridized carbons (Fsp3) is 0.176. The third kappa shape index (κ3) is 5.46. The topological polar surface area (TPSA) is 81.4 Å². The van der Waals surface area contributed by atoms with Crippen LogP contribution in [0.1, 0.15) is 17.3 Å². The number of nitrogens with one attached hydrogen (secondary N) is 1. The molecule has 0 saturated carbocycles. The lowest BCUT2D eigenvalue weighted by Crippen LogP contribution is -2.30. The fourth-order valence-electron chi connectivity index (χ4n) is 1.98. The Morgan fingerprint density at radius 3 is 2.36 bits per heavy atom. The van der Waals surface area contributed by atoms with Crippen molar-refractivity contribution in [2.24, 2.45) is 5.73 Å². The predicted molar refractivity (Wildman–Crippen MR) is 92.0 cm³/mol. The van der Waals surface area contributed by atoms with E-state index in [1.165, 1.54) is 37.3 Å². The van der Waals surface area contributed by atoms with Crippen LogP contribution in [0, 0.1) is 0 Å². The van der Waals surface area contributed by atoms with E-state index in [0.717, 1.165) is 0 Å². The number of thioether (sulfide) groups is 1. The molecule has 0 unspecified atom stereocenters. The second kappa shape index (κ2) is 8.48. The molecule has 2 aromatic rings. The molecule has 2 rings (SSSR count). The number of alkyl halides is 2. The summed E-state index contributed by atoms with van der Waals surface area (Å²) < 4.78 is 30.1. The Morgan fingerprint density at radius 2 is 1.76 bits per heavy atom. The maximum atomic E-state index is 12.3. The summed E-state index contributed by atoms with van der Waals surface area (Å²) in [5.74, 6) is -3.40. The van der Waals surface area contributed by atoms with E-state index in [1.54, 1.807) is 18.2 Å². The summed E-state index contributed by atoms with van der Waals surface area (Å²) in [6.45, 7) is 1.52. The molecule has 0 fully saturated rings. The number of carbonyl (C=O) groups excluding carboxylic acids is 2. The molecular formula is C17H16F2N2O3S. The van der Waals surface area contributed by atoms with Crippen molar-refractivity contribution >= 4 is 29.3 Å². The summed E-state index contributed by atoms with van der Waals surface area (Å²) >= 11 is 0.424. The molecular weight excluding hydrogens is 350 g/mol. The number of rotatable bonds is 7. The number of amides is 2. The maximum absolute atomic E-state index is 12.3. The molecule has 0 aromatic heterocycles. The van der Waals surface area contributed by atoms with E-state index < -0.39 is 23.7 Å². The first-order valence-electron chi connectivity index (χ1n) is 7.28. The summed E-state index contributed by atoms with van der Waals surface area (Å²) in [4.78, 5) is 23.9. The van der Waals surface area contributed by atoms with Crippen molar-refractivity contribution in [1.82, 2.24) is 0 Å². The zero-order valence-corrected chi connectivity index (χ0v) is 14.1. The lowest BCUT2D eigenvalue weighted by molar-refractivity contribution is -0.122. The van der Waals surface area contributed by atoms with E-state index in [4.69, 9.17) is 10.5 Å². The first kappa shape index (κ1) is 18.7. The highest BCUT2D eigenvalue weighted by molar-refractivity contribution is 7.99. The Kier molecular flexibility index (Phi) is 6.35. The van der Waals surface area contributed by atoms with Crippen LogP contribution in [0.15, 0.2) is 53.4 Å². The molecule has 0 bridgehead atoms. The van der Waals surface area contributed by atoms with Crippen LogP contribution in [-0.4, -0.2) is 23.7 Å². The van der Waals surface area contributed by atoms with Crippen LogP contribution in [0.2, 0.25) is 0 Å². The van der Waals surface area contributed by atoms with Crippen molar-refractivity contribution in [3.63, 3.8) is 0 Å². The van der Waals surface area contributed by atoms with Gasteiger partial charge >= 0.3 is 0 Å². The molecule has 132 valence electrons. The lowest BCUT2D eigenvalue weighted by atomic mass is 10.2. The van der Waals surface area contributed by atoms with Gasteiger partial charge in [-0.15, -0.1) is 0 Å². The molecule has 5 nitrogen and oxygen atoms in total. The van der Waals surface area contributed by atoms with Gasteiger partial charge < -0.3 is 15.8 Å². The number of benzene rings is 2. The minimum atomic E-state index is -2.50. The van der Waals surface area contributed by atoms with E-state index in [0.29, 0.717) is 22.3 Å². The number of carbonyl (C=O) groups is 2. The zero-order chi connectivity index (χ0) is 18.4. The third-order valence-corrected chi connectivity index (χ3v) is 3.90. The van der Waals surface area contributed by atoms with Crippen molar-refractivity contribution in [2.45, 2.75) is 23.7 Å². The smallest absolute Gasteiger partial charge is 0.288 e. The Morgan fingerprint density at radius 1 is 1.12 bits per heavy atom. The van der Waals surface area contributed by atoms with E-state index in [9.17, 15) is 18.4 Å². The highest BCUT2D eigenvalue weighted by Gasteiger charge is 2.18. The average molecular weight is 366 g/mol. The maximum Gasteiger partial charge on any atom is 0.288 e. The van der Waals surface area contributed by atoms with E-state index >= 15 is 0 Å². The number of hydrogen-bond acceptors (Lipinski definition) is 4. The minimum absolute atomic E-state index is 0.176. The largest absolute Gasteiger partial charge is 0.480 e. The molecule has 0 spiro atoms. The van der Waals surface area contributed by atoms with Crippen LogP contribution >= 0.6 is 11.8 Å². The van der Waals surface area contributed by atoms with Gasteiger partial charge in [0.1, 0.15) is 5.75 Å². The van der Waals surface area contributed by atoms with Gasteiger partial charge in [0.25, 0.3) is 17.6 Å². The summed E-state index contributed by atoms with van der Waals surface area (Å²) in [6.07, 6.45) is -0.893. The van der Waals surface area contributed by atoms with Crippen molar-refractivity contribution in [3.05, 3.63) is 54.1 Å². The Balaban J connectivity index is 2.00. The summed E-state index contributed by atoms with van der Waals surface area (Å²) in [7, 11) is 0. The number of halogens is 2. The first-order valence-corrected chi connectivity index (χ1v) is 8.16. The molecule has 2 aromatic carbocycles. The summed E-state index contributed by atoms with van der Waals surface area (Å²) in [5.41, 5.74) is 5.89. The van der Waals surface area contributed by atoms with Crippen LogP contribution in [0.3, 0.4) is 0 Å². The summed E-state index contributed by atoms with van der Waals surface area (Å²) in [6, 6.07) is 12.4. The molecule has 3 N–H and O–H groups in total. The van der Waals surface area contributed by atoms with E-state index in [2.05, 4.69) is 5.32 Å². The van der Waals surface area contributed by atoms with Gasteiger partial charge in [-0.3, -0.25) is 9.59 Å². The van der Waals surface area contributed by atoms with Gasteiger partial charge in [0.2, 0.25) is 0 Å². The average Bonchev–Trinajstić information content (AvgIpc) is 2.56. The van der Waals surface area contributed by atoms with Crippen molar-refractivity contribution in [2.75, 3.05) is 5.32 Å². The second-order valence-electron chi connectivity index (χ2n) is 5.01. The van der Waals surface area contributed by atoms with Crippen molar-refractivity contribution in [1.29, 1.82) is 0 Å². The third-order valence-electron chi connectivity index (χ3n) is 3.17. The number of nitrogens with two attached hydrogens (primary N) is 1. The predicted octanol–water partition coefficient (Wildman–Crippen LogP) is 3.51. The minimum Gasteiger partial charge on any atom is -0.480 e. The van der Waals surface area contributed by atoms with Gasteiger partial charge in [0.05, 0.1) is 5.56 Å². The molecule has 1 atom stereocenters. The normalized spacial score (nSPS) is 11.8. The van der Waals surface area contributed by atoms with Crippen LogP contribution < -0.4 is 15.8 Å². The zero-order valence-electron chi connectivity index (χ0n) is 13.2. The SMILES string of the molecule is C[C@H](Oc1ccccc1C(N)=O)C(=O)Nc1ccc(SC(F)F)cc1. The second-order valence-corrected chi connectivity index (χ2v) is 6.08. The fourth-order valence-corrected chi connectivity index (χ4v) is 2.48. The molecule has 0 aliphatic carbocycles. The van der Waals surface area contributed by atoms with Crippen molar-refractivity contribution in [3.8, 4) is 5.75 Å². The Hall–Kier alpha value is -2.61. The van der Waals surface area contributed by atoms with Gasteiger partial charge in [-0.05, 0) is 43.3 Å². The number of primary amides is 1. The van der Waals surface area contributed by atoms with Crippen molar-refractivity contribution < 1.29 is 23.1 Å². The number of para-hydroxylation sites is 1. The van der Waals surface area contributed by atoms with Gasteiger partial charge in [-0.25, -0.2) is 0 Å². The highest BCUT2D eigenvalue weighted by Crippen LogP contribution is 2.26. The van der Waals surface area contributed by atoms with Crippen LogP contribution in [-0.2, 0) is 4.79 Å². The van der Waals surface area contributed by atoms with Gasteiger partial charge in [-0.1, -0.05) is 23.9 Å². The molecule has 0 aliphatic rings. The number of hydrogen-bond donors (Lipinski definition) is 2. The van der Waals surface area contributed by atoms with Gasteiger partial charge in [0, 0.05) is 10.6 Å². The molecule has 0 heterocycles. The Bertz CT molecular complexity index is 754. The molecule has 8 heteroatoms. The standard InChI is InChI=1S/C17H16F2N2O3S/c1-10(24-14-5-3-2-4-13(14)15(20)22)16(23)21-11-6-8-12(9-7-11)25-17(18)19/h2-10,17H,1H3,(H2,20,22)(H,21,23)/t10-/m0/s1.